The summed E-state index contributed by atoms with van der Waals surface area (Å²) in [5, 5.41) is 5.84. The highest BCUT2D eigenvalue weighted by Crippen LogP contribution is 2.16. The Labute approximate surface area is 159 Å². The molecule has 0 saturated heterocycles. The van der Waals surface area contributed by atoms with Gasteiger partial charge in [0, 0.05) is 31.0 Å². The molecule has 0 fully saturated rings. The summed E-state index contributed by atoms with van der Waals surface area (Å²) in [5.41, 5.74) is 2.86. The maximum absolute atomic E-state index is 12.1. The zero-order valence-corrected chi connectivity index (χ0v) is 15.9. The van der Waals surface area contributed by atoms with E-state index in [-0.39, 0.29) is 18.4 Å². The molecule has 6 heteroatoms. The van der Waals surface area contributed by atoms with Crippen molar-refractivity contribution >= 4 is 23.2 Å². The quantitative estimate of drug-likeness (QED) is 0.702. The molecular formula is C21H25N3O3. The monoisotopic (exact) mass is 367 g/mol. The van der Waals surface area contributed by atoms with E-state index in [1.54, 1.807) is 38.4 Å². The lowest BCUT2D eigenvalue weighted by Crippen LogP contribution is -2.23. The summed E-state index contributed by atoms with van der Waals surface area (Å²) in [6.45, 7) is 6.28. The molecule has 0 aromatic heterocycles. The van der Waals surface area contributed by atoms with Gasteiger partial charge in [-0.25, -0.2) is 0 Å². The van der Waals surface area contributed by atoms with Crippen molar-refractivity contribution in [2.75, 3.05) is 37.9 Å². The molecule has 0 bridgehead atoms. The Morgan fingerprint density at radius 2 is 1.78 bits per heavy atom. The second kappa shape index (κ2) is 9.43. The number of anilines is 2. The summed E-state index contributed by atoms with van der Waals surface area (Å²) in [5.74, 6) is 0.431. The minimum atomic E-state index is -0.202. The second-order valence-corrected chi connectivity index (χ2v) is 6.45. The van der Waals surface area contributed by atoms with Crippen LogP contribution in [-0.4, -0.2) is 44.0 Å². The maximum Gasteiger partial charge on any atom is 0.253 e. The van der Waals surface area contributed by atoms with Crippen LogP contribution in [0.3, 0.4) is 0 Å². The van der Waals surface area contributed by atoms with Crippen molar-refractivity contribution in [3.05, 3.63) is 66.2 Å². The zero-order valence-electron chi connectivity index (χ0n) is 15.9. The number of hydrogen-bond donors (Lipinski definition) is 2. The first-order valence-electron chi connectivity index (χ1n) is 8.58. The third-order valence-electron chi connectivity index (χ3n) is 3.59. The van der Waals surface area contributed by atoms with Crippen LogP contribution < -0.4 is 15.4 Å². The Hall–Kier alpha value is -3.28. The Bertz CT molecular complexity index is 814. The molecular weight excluding hydrogens is 342 g/mol. The van der Waals surface area contributed by atoms with Crippen LogP contribution >= 0.6 is 0 Å². The van der Waals surface area contributed by atoms with E-state index >= 15 is 0 Å². The van der Waals surface area contributed by atoms with Crippen LogP contribution in [0.1, 0.15) is 17.3 Å². The topological polar surface area (TPSA) is 70.7 Å². The van der Waals surface area contributed by atoms with E-state index in [1.165, 1.54) is 4.90 Å². The first kappa shape index (κ1) is 20.0. The van der Waals surface area contributed by atoms with E-state index in [4.69, 9.17) is 4.74 Å². The van der Waals surface area contributed by atoms with Gasteiger partial charge in [0.15, 0.2) is 0 Å². The molecule has 0 aliphatic rings. The van der Waals surface area contributed by atoms with Crippen molar-refractivity contribution in [2.45, 2.75) is 6.92 Å². The lowest BCUT2D eigenvalue weighted by atomic mass is 10.2. The van der Waals surface area contributed by atoms with Gasteiger partial charge in [0.2, 0.25) is 5.91 Å². The molecule has 0 saturated carbocycles. The number of ether oxygens (including phenoxy) is 1. The summed E-state index contributed by atoms with van der Waals surface area (Å²) >= 11 is 0. The smallest absolute Gasteiger partial charge is 0.253 e. The fourth-order valence-corrected chi connectivity index (χ4v) is 2.25. The third-order valence-corrected chi connectivity index (χ3v) is 3.59. The normalized spacial score (nSPS) is 10.0. The van der Waals surface area contributed by atoms with E-state index in [2.05, 4.69) is 17.2 Å². The molecule has 142 valence electrons. The van der Waals surface area contributed by atoms with Gasteiger partial charge in [-0.05, 0) is 55.0 Å². The van der Waals surface area contributed by atoms with Crippen LogP contribution in [-0.2, 0) is 4.79 Å². The van der Waals surface area contributed by atoms with Crippen LogP contribution in [0.2, 0.25) is 0 Å². The number of carbonyl (C=O) groups is 2. The molecule has 27 heavy (non-hydrogen) atoms. The summed E-state index contributed by atoms with van der Waals surface area (Å²) in [4.78, 5) is 25.6. The van der Waals surface area contributed by atoms with Crippen LogP contribution in [0.4, 0.5) is 11.4 Å². The Morgan fingerprint density at radius 1 is 1.07 bits per heavy atom. The lowest BCUT2D eigenvalue weighted by Gasteiger charge is -2.12. The van der Waals surface area contributed by atoms with Crippen molar-refractivity contribution in [2.24, 2.45) is 0 Å². The number of amides is 2. The highest BCUT2D eigenvalue weighted by molar-refractivity contribution is 5.97. The number of carbonyl (C=O) groups excluding carboxylic acids is 2. The average Bonchev–Trinajstić information content (AvgIpc) is 2.65. The second-order valence-electron chi connectivity index (χ2n) is 6.45. The Kier molecular flexibility index (Phi) is 7.00. The lowest BCUT2D eigenvalue weighted by molar-refractivity contribution is -0.114. The molecule has 2 aromatic carbocycles. The molecule has 0 heterocycles. The van der Waals surface area contributed by atoms with Crippen molar-refractivity contribution in [3.63, 3.8) is 0 Å². The van der Waals surface area contributed by atoms with Gasteiger partial charge in [0.25, 0.3) is 5.91 Å². The van der Waals surface area contributed by atoms with Gasteiger partial charge in [-0.1, -0.05) is 12.6 Å². The van der Waals surface area contributed by atoms with E-state index in [1.807, 2.05) is 31.2 Å². The van der Waals surface area contributed by atoms with Gasteiger partial charge in [-0.3, -0.25) is 9.59 Å². The van der Waals surface area contributed by atoms with Gasteiger partial charge in [0.1, 0.15) is 12.4 Å². The third kappa shape index (κ3) is 6.51. The maximum atomic E-state index is 12.1. The first-order valence-corrected chi connectivity index (χ1v) is 8.58. The van der Waals surface area contributed by atoms with Gasteiger partial charge in [-0.2, -0.15) is 0 Å². The molecule has 2 N–H and O–H groups in total. The summed E-state index contributed by atoms with van der Waals surface area (Å²) < 4.78 is 5.54. The Balaban J connectivity index is 1.86. The molecule has 2 rings (SSSR count). The molecule has 0 atom stereocenters. The van der Waals surface area contributed by atoms with Crippen LogP contribution in [0, 0.1) is 0 Å². The van der Waals surface area contributed by atoms with Crippen molar-refractivity contribution in [3.8, 4) is 5.75 Å². The van der Waals surface area contributed by atoms with Gasteiger partial charge >= 0.3 is 0 Å². The van der Waals surface area contributed by atoms with Crippen LogP contribution in [0.5, 0.6) is 5.75 Å². The standard InChI is InChI=1S/C21H25N3O3/c1-15(2)14-27-19-10-8-17(9-11-19)22-13-20(25)23-18-7-5-6-16(12-18)21(26)24(3)4/h5-12,22H,1,13-14H2,2-4H3,(H,23,25). The summed E-state index contributed by atoms with van der Waals surface area (Å²) in [6.07, 6.45) is 0. The van der Waals surface area contributed by atoms with Gasteiger partial charge in [0.05, 0.1) is 6.54 Å². The predicted molar refractivity (Wildman–Crippen MR) is 108 cm³/mol. The average molecular weight is 367 g/mol. The number of rotatable bonds is 8. The molecule has 2 amide bonds. The minimum Gasteiger partial charge on any atom is -0.489 e. The highest BCUT2D eigenvalue weighted by Gasteiger charge is 2.09. The minimum absolute atomic E-state index is 0.109. The van der Waals surface area contributed by atoms with Crippen molar-refractivity contribution in [1.82, 2.24) is 4.90 Å². The molecule has 0 aliphatic heterocycles. The molecule has 6 nitrogen and oxygen atoms in total. The van der Waals surface area contributed by atoms with Gasteiger partial charge < -0.3 is 20.3 Å². The summed E-state index contributed by atoms with van der Waals surface area (Å²) in [6, 6.07) is 14.2. The first-order chi connectivity index (χ1) is 12.8. The number of nitrogens with one attached hydrogen (secondary N) is 2. The molecule has 0 radical (unpaired) electrons. The number of nitrogens with zero attached hydrogens (tertiary/aromatic N) is 1. The fraction of sp³-hybridized carbons (Fsp3) is 0.238. The molecule has 0 spiro atoms. The molecule has 0 aliphatic carbocycles. The van der Waals surface area contributed by atoms with Crippen LogP contribution in [0.15, 0.2) is 60.7 Å². The number of hydrogen-bond acceptors (Lipinski definition) is 4. The van der Waals surface area contributed by atoms with Crippen molar-refractivity contribution < 1.29 is 14.3 Å². The predicted octanol–water partition coefficient (Wildman–Crippen LogP) is 3.39. The van der Waals surface area contributed by atoms with E-state index in [9.17, 15) is 9.59 Å². The van der Waals surface area contributed by atoms with E-state index < -0.39 is 0 Å². The summed E-state index contributed by atoms with van der Waals surface area (Å²) in [7, 11) is 3.37. The fourth-order valence-electron chi connectivity index (χ4n) is 2.25. The van der Waals surface area contributed by atoms with Crippen molar-refractivity contribution in [1.29, 1.82) is 0 Å². The largest absolute Gasteiger partial charge is 0.489 e. The van der Waals surface area contributed by atoms with Crippen LogP contribution in [0.25, 0.3) is 0 Å². The van der Waals surface area contributed by atoms with Gasteiger partial charge in [-0.15, -0.1) is 0 Å². The SMILES string of the molecule is C=C(C)COc1ccc(NCC(=O)Nc2cccc(C(=O)N(C)C)c2)cc1. The zero-order chi connectivity index (χ0) is 19.8. The number of benzene rings is 2. The van der Waals surface area contributed by atoms with E-state index in [0.717, 1.165) is 17.0 Å². The van der Waals surface area contributed by atoms with E-state index in [0.29, 0.717) is 17.9 Å². The molecule has 0 unspecified atom stereocenters. The Morgan fingerprint density at radius 3 is 2.41 bits per heavy atom. The molecule has 2 aromatic rings. The highest BCUT2D eigenvalue weighted by atomic mass is 16.5.